The van der Waals surface area contributed by atoms with Gasteiger partial charge in [-0.25, -0.2) is 0 Å². The Morgan fingerprint density at radius 3 is 2.50 bits per heavy atom. The third-order valence-corrected chi connectivity index (χ3v) is 3.85. The Balaban J connectivity index is 1.91. The van der Waals surface area contributed by atoms with E-state index in [0.29, 0.717) is 0 Å². The Bertz CT molecular complexity index is 502. The molecular weight excluding hydrogens is 250 g/mol. The molecule has 1 aliphatic carbocycles. The van der Waals surface area contributed by atoms with Crippen molar-refractivity contribution < 1.29 is 9.90 Å². The van der Waals surface area contributed by atoms with Crippen molar-refractivity contribution in [2.75, 3.05) is 11.9 Å². The first-order chi connectivity index (χ1) is 9.69. The van der Waals surface area contributed by atoms with Crippen LogP contribution >= 0.6 is 0 Å². The van der Waals surface area contributed by atoms with E-state index in [9.17, 15) is 4.79 Å². The molecule has 3 nitrogen and oxygen atoms in total. The molecule has 2 N–H and O–H groups in total. The number of nitrogens with one attached hydrogen (secondary N) is 1. The summed E-state index contributed by atoms with van der Waals surface area (Å²) in [7, 11) is 0. The maximum atomic E-state index is 12.2. The number of amides is 1. The molecule has 0 saturated heterocycles. The molecule has 1 fully saturated rings. The standard InChI is InChI=1S/C17H21NO2/c1-13-4-8-15(9-5-13)17(20)18-16-10-6-14(7-11-16)3-2-12-19/h6-7,10-11,13,15,19H,4-5,8-9,12H2,1H3,(H,18,20). The number of rotatable bonds is 2. The lowest BCUT2D eigenvalue weighted by Gasteiger charge is -2.25. The van der Waals surface area contributed by atoms with Crippen LogP contribution in [0.3, 0.4) is 0 Å². The van der Waals surface area contributed by atoms with Gasteiger partial charge in [-0.05, 0) is 55.9 Å². The Labute approximate surface area is 120 Å². The molecule has 0 aromatic heterocycles. The quantitative estimate of drug-likeness (QED) is 0.813. The summed E-state index contributed by atoms with van der Waals surface area (Å²) in [6.07, 6.45) is 4.28. The lowest BCUT2D eigenvalue weighted by Crippen LogP contribution is -2.26. The lowest BCUT2D eigenvalue weighted by atomic mass is 9.82. The molecule has 1 aromatic rings. The van der Waals surface area contributed by atoms with Crippen molar-refractivity contribution in [3.05, 3.63) is 29.8 Å². The van der Waals surface area contributed by atoms with E-state index in [2.05, 4.69) is 24.1 Å². The summed E-state index contributed by atoms with van der Waals surface area (Å²) >= 11 is 0. The van der Waals surface area contributed by atoms with Gasteiger partial charge < -0.3 is 10.4 Å². The van der Waals surface area contributed by atoms with E-state index in [1.165, 1.54) is 0 Å². The van der Waals surface area contributed by atoms with Gasteiger partial charge in [-0.2, -0.15) is 0 Å². The summed E-state index contributed by atoms with van der Waals surface area (Å²) in [4.78, 5) is 12.2. The van der Waals surface area contributed by atoms with Gasteiger partial charge in [0.15, 0.2) is 0 Å². The fourth-order valence-corrected chi connectivity index (χ4v) is 2.55. The number of benzene rings is 1. The molecule has 1 saturated carbocycles. The van der Waals surface area contributed by atoms with E-state index in [4.69, 9.17) is 5.11 Å². The van der Waals surface area contributed by atoms with Gasteiger partial charge in [-0.1, -0.05) is 18.8 Å². The second-order valence-electron chi connectivity index (χ2n) is 5.48. The predicted molar refractivity (Wildman–Crippen MR) is 80.2 cm³/mol. The minimum absolute atomic E-state index is 0.131. The van der Waals surface area contributed by atoms with Crippen LogP contribution in [0.5, 0.6) is 0 Å². The van der Waals surface area contributed by atoms with Gasteiger partial charge in [0, 0.05) is 17.2 Å². The summed E-state index contributed by atoms with van der Waals surface area (Å²) in [6.45, 7) is 2.11. The molecule has 0 atom stereocenters. The maximum absolute atomic E-state index is 12.2. The molecule has 0 heterocycles. The molecule has 0 bridgehead atoms. The highest BCUT2D eigenvalue weighted by atomic mass is 16.2. The van der Waals surface area contributed by atoms with E-state index >= 15 is 0 Å². The predicted octanol–water partition coefficient (Wildman–Crippen LogP) is 2.80. The van der Waals surface area contributed by atoms with Gasteiger partial charge in [0.1, 0.15) is 6.61 Å². The number of aliphatic hydroxyl groups is 1. The molecule has 3 heteroatoms. The second kappa shape index (κ2) is 7.12. The van der Waals surface area contributed by atoms with Crippen LogP contribution < -0.4 is 5.32 Å². The summed E-state index contributed by atoms with van der Waals surface area (Å²) in [5.74, 6) is 6.47. The number of anilines is 1. The molecule has 0 radical (unpaired) electrons. The van der Waals surface area contributed by atoms with Crippen molar-refractivity contribution >= 4 is 11.6 Å². The topological polar surface area (TPSA) is 49.3 Å². The van der Waals surface area contributed by atoms with Crippen LogP contribution in [0, 0.1) is 23.7 Å². The zero-order chi connectivity index (χ0) is 14.4. The largest absolute Gasteiger partial charge is 0.384 e. The Hall–Kier alpha value is -1.79. The average Bonchev–Trinajstić information content (AvgIpc) is 2.47. The average molecular weight is 271 g/mol. The third kappa shape index (κ3) is 4.11. The van der Waals surface area contributed by atoms with Crippen molar-refractivity contribution in [3.63, 3.8) is 0 Å². The van der Waals surface area contributed by atoms with Gasteiger partial charge in [0.2, 0.25) is 5.91 Å². The number of aliphatic hydroxyl groups excluding tert-OH is 1. The van der Waals surface area contributed by atoms with E-state index in [1.54, 1.807) is 0 Å². The third-order valence-electron chi connectivity index (χ3n) is 3.85. The second-order valence-corrected chi connectivity index (χ2v) is 5.48. The van der Waals surface area contributed by atoms with Crippen LogP contribution in [-0.2, 0) is 4.79 Å². The summed E-state index contributed by atoms with van der Waals surface area (Å²) in [6, 6.07) is 7.40. The highest BCUT2D eigenvalue weighted by molar-refractivity contribution is 5.92. The number of carbonyl (C=O) groups is 1. The molecule has 2 rings (SSSR count). The first-order valence-corrected chi connectivity index (χ1v) is 7.19. The summed E-state index contributed by atoms with van der Waals surface area (Å²) < 4.78 is 0. The van der Waals surface area contributed by atoms with Gasteiger partial charge in [0.25, 0.3) is 0 Å². The van der Waals surface area contributed by atoms with Crippen molar-refractivity contribution in [2.45, 2.75) is 32.6 Å². The van der Waals surface area contributed by atoms with Crippen molar-refractivity contribution in [1.29, 1.82) is 0 Å². The molecule has 0 unspecified atom stereocenters. The first kappa shape index (κ1) is 14.6. The molecule has 0 aliphatic heterocycles. The molecule has 20 heavy (non-hydrogen) atoms. The van der Waals surface area contributed by atoms with Crippen LogP contribution in [0.4, 0.5) is 5.69 Å². The van der Waals surface area contributed by atoms with Crippen LogP contribution in [0.15, 0.2) is 24.3 Å². The van der Waals surface area contributed by atoms with Gasteiger partial charge >= 0.3 is 0 Å². The fourth-order valence-electron chi connectivity index (χ4n) is 2.55. The smallest absolute Gasteiger partial charge is 0.227 e. The van der Waals surface area contributed by atoms with Crippen LogP contribution in [0.2, 0.25) is 0 Å². The minimum atomic E-state index is -0.140. The molecule has 1 aliphatic rings. The number of hydrogen-bond donors (Lipinski definition) is 2. The highest BCUT2D eigenvalue weighted by Crippen LogP contribution is 2.29. The van der Waals surface area contributed by atoms with E-state index in [0.717, 1.165) is 42.9 Å². The molecule has 1 amide bonds. The Morgan fingerprint density at radius 2 is 1.90 bits per heavy atom. The molecule has 0 spiro atoms. The minimum Gasteiger partial charge on any atom is -0.384 e. The summed E-state index contributed by atoms with van der Waals surface area (Å²) in [5.41, 5.74) is 1.65. The van der Waals surface area contributed by atoms with Crippen LogP contribution in [0.25, 0.3) is 0 Å². The zero-order valence-corrected chi connectivity index (χ0v) is 11.9. The number of carbonyl (C=O) groups excluding carboxylic acids is 1. The van der Waals surface area contributed by atoms with Gasteiger partial charge in [-0.3, -0.25) is 4.79 Å². The monoisotopic (exact) mass is 271 g/mol. The zero-order valence-electron chi connectivity index (χ0n) is 11.9. The Kier molecular flexibility index (Phi) is 5.20. The first-order valence-electron chi connectivity index (χ1n) is 7.19. The van der Waals surface area contributed by atoms with Gasteiger partial charge in [-0.15, -0.1) is 0 Å². The summed E-state index contributed by atoms with van der Waals surface area (Å²) in [5, 5.41) is 11.6. The van der Waals surface area contributed by atoms with Crippen molar-refractivity contribution in [3.8, 4) is 11.8 Å². The van der Waals surface area contributed by atoms with Crippen molar-refractivity contribution in [1.82, 2.24) is 0 Å². The molecule has 106 valence electrons. The normalized spacial score (nSPS) is 21.7. The molecule has 1 aromatic carbocycles. The van der Waals surface area contributed by atoms with Crippen LogP contribution in [0.1, 0.15) is 38.2 Å². The van der Waals surface area contributed by atoms with Crippen LogP contribution in [-0.4, -0.2) is 17.6 Å². The van der Waals surface area contributed by atoms with E-state index in [-0.39, 0.29) is 18.4 Å². The molecular formula is C17H21NO2. The Morgan fingerprint density at radius 1 is 1.25 bits per heavy atom. The lowest BCUT2D eigenvalue weighted by molar-refractivity contribution is -0.121. The number of hydrogen-bond acceptors (Lipinski definition) is 2. The fraction of sp³-hybridized carbons (Fsp3) is 0.471. The maximum Gasteiger partial charge on any atom is 0.227 e. The van der Waals surface area contributed by atoms with Crippen molar-refractivity contribution in [2.24, 2.45) is 11.8 Å². The van der Waals surface area contributed by atoms with E-state index in [1.807, 2.05) is 24.3 Å². The van der Waals surface area contributed by atoms with E-state index < -0.39 is 0 Å². The van der Waals surface area contributed by atoms with Gasteiger partial charge in [0.05, 0.1) is 0 Å². The SMILES string of the molecule is CC1CCC(C(=O)Nc2ccc(C#CCO)cc2)CC1. The highest BCUT2D eigenvalue weighted by Gasteiger charge is 2.24.